The maximum Gasteiger partial charge on any atom is 0.251 e. The number of anilines is 1. The van der Waals surface area contributed by atoms with Crippen molar-refractivity contribution in [2.75, 3.05) is 11.9 Å². The van der Waals surface area contributed by atoms with E-state index >= 15 is 0 Å². The van der Waals surface area contributed by atoms with Gasteiger partial charge in [0.1, 0.15) is 11.6 Å². The highest BCUT2D eigenvalue weighted by Gasteiger charge is 2.20. The summed E-state index contributed by atoms with van der Waals surface area (Å²) in [4.78, 5) is 11.1. The Hall–Kier alpha value is -1.65. The Labute approximate surface area is 117 Å². The van der Waals surface area contributed by atoms with E-state index in [9.17, 15) is 13.6 Å². The fraction of sp³-hybridized carbons (Fsp3) is 0.533. The number of carbonyl (C=O) groups excluding carboxylic acids is 1. The van der Waals surface area contributed by atoms with Gasteiger partial charge in [0.2, 0.25) is 0 Å². The van der Waals surface area contributed by atoms with Crippen molar-refractivity contribution < 1.29 is 13.6 Å². The van der Waals surface area contributed by atoms with Crippen LogP contribution in [0.3, 0.4) is 0 Å². The molecule has 2 rings (SSSR count). The summed E-state index contributed by atoms with van der Waals surface area (Å²) >= 11 is 0. The minimum atomic E-state index is -0.924. The topological polar surface area (TPSA) is 55.1 Å². The fourth-order valence-corrected chi connectivity index (χ4v) is 2.87. The zero-order valence-corrected chi connectivity index (χ0v) is 11.6. The summed E-state index contributed by atoms with van der Waals surface area (Å²) in [7, 11) is 0. The molecule has 3 nitrogen and oxygen atoms in total. The number of carbonyl (C=O) groups is 1. The van der Waals surface area contributed by atoms with Crippen molar-refractivity contribution in [1.82, 2.24) is 0 Å². The van der Waals surface area contributed by atoms with Gasteiger partial charge in [0.25, 0.3) is 5.91 Å². The van der Waals surface area contributed by atoms with Crippen LogP contribution in [-0.4, -0.2) is 12.5 Å². The van der Waals surface area contributed by atoms with Crippen molar-refractivity contribution in [3.63, 3.8) is 0 Å². The highest BCUT2D eigenvalue weighted by Crippen LogP contribution is 2.29. The summed E-state index contributed by atoms with van der Waals surface area (Å²) in [6.45, 7) is 2.85. The molecule has 0 bridgehead atoms. The number of hydrogen-bond donors (Lipinski definition) is 2. The molecule has 3 N–H and O–H groups in total. The first kappa shape index (κ1) is 14.8. The molecule has 1 aromatic rings. The van der Waals surface area contributed by atoms with Gasteiger partial charge in [0.05, 0.1) is 11.3 Å². The van der Waals surface area contributed by atoms with Crippen LogP contribution in [0, 0.1) is 23.5 Å². The predicted octanol–water partition coefficient (Wildman–Crippen LogP) is 3.30. The molecule has 0 aromatic heterocycles. The molecular weight excluding hydrogens is 262 g/mol. The van der Waals surface area contributed by atoms with Crippen LogP contribution in [0.2, 0.25) is 0 Å². The molecule has 20 heavy (non-hydrogen) atoms. The van der Waals surface area contributed by atoms with Crippen molar-refractivity contribution in [3.8, 4) is 0 Å². The van der Waals surface area contributed by atoms with Crippen LogP contribution in [0.25, 0.3) is 0 Å². The van der Waals surface area contributed by atoms with Gasteiger partial charge in [-0.1, -0.05) is 19.8 Å². The van der Waals surface area contributed by atoms with Gasteiger partial charge in [-0.15, -0.1) is 0 Å². The standard InChI is InChI=1S/C15H20F2N2O/c1-9-3-2-4-10(5-9)8-19-14-6-11(15(18)20)12(16)7-13(14)17/h6-7,9-10,19H,2-5,8H2,1H3,(H2,18,20). The summed E-state index contributed by atoms with van der Waals surface area (Å²) in [5, 5.41) is 2.98. The number of nitrogens with two attached hydrogens (primary N) is 1. The number of amides is 1. The van der Waals surface area contributed by atoms with Crippen LogP contribution >= 0.6 is 0 Å². The minimum Gasteiger partial charge on any atom is -0.382 e. The molecule has 1 fully saturated rings. The van der Waals surface area contributed by atoms with Crippen molar-refractivity contribution in [2.45, 2.75) is 32.6 Å². The monoisotopic (exact) mass is 282 g/mol. The van der Waals surface area contributed by atoms with E-state index in [-0.39, 0.29) is 11.3 Å². The van der Waals surface area contributed by atoms with Gasteiger partial charge in [-0.05, 0) is 30.7 Å². The maximum atomic E-state index is 13.7. The molecule has 0 heterocycles. The van der Waals surface area contributed by atoms with E-state index in [1.165, 1.54) is 12.8 Å². The SMILES string of the molecule is CC1CCCC(CNc2cc(C(N)=O)c(F)cc2F)C1. The van der Waals surface area contributed by atoms with Gasteiger partial charge in [0, 0.05) is 12.6 Å². The molecule has 1 aliphatic carbocycles. The molecule has 0 aliphatic heterocycles. The van der Waals surface area contributed by atoms with Crippen LogP contribution < -0.4 is 11.1 Å². The smallest absolute Gasteiger partial charge is 0.251 e. The highest BCUT2D eigenvalue weighted by molar-refractivity contribution is 5.94. The summed E-state index contributed by atoms with van der Waals surface area (Å²) in [5.41, 5.74) is 4.91. The summed E-state index contributed by atoms with van der Waals surface area (Å²) in [6, 6.07) is 1.85. The van der Waals surface area contributed by atoms with E-state index in [0.717, 1.165) is 18.9 Å². The molecule has 1 amide bonds. The Morgan fingerprint density at radius 2 is 2.10 bits per heavy atom. The third-order valence-corrected chi connectivity index (χ3v) is 3.95. The normalized spacial score (nSPS) is 22.6. The second kappa shape index (κ2) is 6.20. The number of benzene rings is 1. The second-order valence-electron chi connectivity index (χ2n) is 5.69. The first-order chi connectivity index (χ1) is 9.47. The lowest BCUT2D eigenvalue weighted by molar-refractivity contribution is 0.0996. The first-order valence-corrected chi connectivity index (χ1v) is 7.00. The molecule has 0 saturated heterocycles. The van der Waals surface area contributed by atoms with E-state index in [2.05, 4.69) is 12.2 Å². The fourth-order valence-electron chi connectivity index (χ4n) is 2.87. The Morgan fingerprint density at radius 1 is 1.35 bits per heavy atom. The van der Waals surface area contributed by atoms with Gasteiger partial charge >= 0.3 is 0 Å². The van der Waals surface area contributed by atoms with E-state index < -0.39 is 17.5 Å². The van der Waals surface area contributed by atoms with Gasteiger partial charge in [-0.2, -0.15) is 0 Å². The van der Waals surface area contributed by atoms with Crippen LogP contribution in [0.4, 0.5) is 14.5 Å². The molecule has 0 radical (unpaired) electrons. The third-order valence-electron chi connectivity index (χ3n) is 3.95. The number of primary amides is 1. The summed E-state index contributed by atoms with van der Waals surface area (Å²) in [6.07, 6.45) is 4.65. The zero-order valence-electron chi connectivity index (χ0n) is 11.6. The maximum absolute atomic E-state index is 13.7. The minimum absolute atomic E-state index is 0.137. The molecule has 110 valence electrons. The zero-order chi connectivity index (χ0) is 14.7. The molecule has 1 aliphatic rings. The quantitative estimate of drug-likeness (QED) is 0.890. The molecule has 2 atom stereocenters. The van der Waals surface area contributed by atoms with Gasteiger partial charge < -0.3 is 11.1 Å². The van der Waals surface area contributed by atoms with Crippen molar-refractivity contribution in [1.29, 1.82) is 0 Å². The molecule has 2 unspecified atom stereocenters. The average Bonchev–Trinajstić information content (AvgIpc) is 2.37. The largest absolute Gasteiger partial charge is 0.382 e. The van der Waals surface area contributed by atoms with E-state index in [0.29, 0.717) is 24.4 Å². The Bertz CT molecular complexity index is 505. The Kier molecular flexibility index (Phi) is 4.57. The van der Waals surface area contributed by atoms with E-state index in [1.54, 1.807) is 0 Å². The lowest BCUT2D eigenvalue weighted by atomic mass is 9.82. The summed E-state index contributed by atoms with van der Waals surface area (Å²) in [5.74, 6) is -1.34. The lowest BCUT2D eigenvalue weighted by Crippen LogP contribution is -2.22. The molecule has 0 spiro atoms. The highest BCUT2D eigenvalue weighted by atomic mass is 19.1. The van der Waals surface area contributed by atoms with Crippen LogP contribution in [0.1, 0.15) is 43.0 Å². The Morgan fingerprint density at radius 3 is 2.75 bits per heavy atom. The van der Waals surface area contributed by atoms with Crippen LogP contribution in [-0.2, 0) is 0 Å². The van der Waals surface area contributed by atoms with Crippen molar-refractivity contribution in [3.05, 3.63) is 29.3 Å². The third kappa shape index (κ3) is 3.46. The first-order valence-electron chi connectivity index (χ1n) is 7.00. The van der Waals surface area contributed by atoms with Gasteiger partial charge in [-0.25, -0.2) is 8.78 Å². The molecule has 1 saturated carbocycles. The molecule has 1 aromatic carbocycles. The summed E-state index contributed by atoms with van der Waals surface area (Å²) < 4.78 is 27.0. The molecular formula is C15H20F2N2O. The second-order valence-corrected chi connectivity index (χ2v) is 5.69. The number of halogens is 2. The molecule has 5 heteroatoms. The number of hydrogen-bond acceptors (Lipinski definition) is 2. The van der Waals surface area contributed by atoms with E-state index in [4.69, 9.17) is 5.73 Å². The number of rotatable bonds is 4. The average molecular weight is 282 g/mol. The van der Waals surface area contributed by atoms with Crippen molar-refractivity contribution >= 4 is 11.6 Å². The predicted molar refractivity (Wildman–Crippen MR) is 74.5 cm³/mol. The Balaban J connectivity index is 2.05. The lowest BCUT2D eigenvalue weighted by Gasteiger charge is -2.27. The van der Waals surface area contributed by atoms with Crippen molar-refractivity contribution in [2.24, 2.45) is 17.6 Å². The van der Waals surface area contributed by atoms with Crippen LogP contribution in [0.15, 0.2) is 12.1 Å². The van der Waals surface area contributed by atoms with E-state index in [1.807, 2.05) is 0 Å². The van der Waals surface area contributed by atoms with Crippen LogP contribution in [0.5, 0.6) is 0 Å². The van der Waals surface area contributed by atoms with Gasteiger partial charge in [-0.3, -0.25) is 4.79 Å². The number of nitrogens with one attached hydrogen (secondary N) is 1. The van der Waals surface area contributed by atoms with Gasteiger partial charge in [0.15, 0.2) is 0 Å².